The normalized spacial score (nSPS) is 15.1. The van der Waals surface area contributed by atoms with Crippen LogP contribution in [0.1, 0.15) is 27.7 Å². The molecule has 0 aliphatic carbocycles. The first-order chi connectivity index (χ1) is 16.1. The van der Waals surface area contributed by atoms with Gasteiger partial charge in [0.1, 0.15) is 0 Å². The largest absolute Gasteiger partial charge is 0.493 e. The van der Waals surface area contributed by atoms with Crippen molar-refractivity contribution in [2.75, 3.05) is 33.8 Å². The molecule has 3 aromatic rings. The van der Waals surface area contributed by atoms with Crippen LogP contribution < -0.4 is 24.3 Å². The van der Waals surface area contributed by atoms with Gasteiger partial charge in [-0.05, 0) is 30.3 Å². The van der Waals surface area contributed by atoms with Gasteiger partial charge in [-0.1, -0.05) is 30.3 Å². The number of carbonyl (C=O) groups is 1. The molecule has 1 N–H and O–H groups in total. The van der Waals surface area contributed by atoms with E-state index in [0.717, 1.165) is 0 Å². The minimum atomic E-state index is -0.634. The Morgan fingerprint density at radius 2 is 1.48 bits per heavy atom. The van der Waals surface area contributed by atoms with Crippen molar-refractivity contribution in [3.63, 3.8) is 0 Å². The van der Waals surface area contributed by atoms with E-state index in [1.165, 1.54) is 5.01 Å². The molecule has 33 heavy (non-hydrogen) atoms. The second kappa shape index (κ2) is 9.52. The van der Waals surface area contributed by atoms with Crippen LogP contribution in [0.5, 0.6) is 23.0 Å². The van der Waals surface area contributed by atoms with E-state index in [1.807, 2.05) is 42.5 Å². The maximum atomic E-state index is 13.5. The molecule has 1 atom stereocenters. The van der Waals surface area contributed by atoms with Crippen LogP contribution in [0.15, 0.2) is 65.8 Å². The lowest BCUT2D eigenvalue weighted by molar-refractivity contribution is 0.0689. The predicted molar refractivity (Wildman–Crippen MR) is 126 cm³/mol. The molecular weight excluding hydrogens is 422 g/mol. The fourth-order valence-corrected chi connectivity index (χ4v) is 3.84. The summed E-state index contributed by atoms with van der Waals surface area (Å²) in [4.78, 5) is 13.5. The molecular formula is C25H25N3O5. The Morgan fingerprint density at radius 1 is 0.818 bits per heavy atom. The standard InChI is InChI=1S/C25H25N3O5/c1-30-20-13-7-9-16(22(20)32-3)15-26-28-24(18-11-8-14-21(31-2)23(18)33-4)27-19-12-6-5-10-17(19)25(28)29/h5-15,24,27H,1-4H3/b26-15+. The lowest BCUT2D eigenvalue weighted by atomic mass is 10.0. The minimum Gasteiger partial charge on any atom is -0.493 e. The SMILES string of the molecule is COc1cccc(/C=N/N2C(=O)c3ccccc3NC2c2cccc(OC)c2OC)c1OC. The molecule has 1 heterocycles. The summed E-state index contributed by atoms with van der Waals surface area (Å²) in [6, 6.07) is 18.3. The molecule has 1 unspecified atom stereocenters. The Morgan fingerprint density at radius 3 is 2.18 bits per heavy atom. The summed E-state index contributed by atoms with van der Waals surface area (Å²) >= 11 is 0. The number of hydrazone groups is 1. The topological polar surface area (TPSA) is 81.6 Å². The van der Waals surface area contributed by atoms with Crippen molar-refractivity contribution in [3.05, 3.63) is 77.4 Å². The lowest BCUT2D eigenvalue weighted by Gasteiger charge is -2.35. The predicted octanol–water partition coefficient (Wildman–Crippen LogP) is 4.32. The summed E-state index contributed by atoms with van der Waals surface area (Å²) in [7, 11) is 6.26. The number of anilines is 1. The molecule has 4 rings (SSSR count). The maximum Gasteiger partial charge on any atom is 0.278 e. The summed E-state index contributed by atoms with van der Waals surface area (Å²) in [5.41, 5.74) is 2.60. The lowest BCUT2D eigenvalue weighted by Crippen LogP contribution is -2.39. The van der Waals surface area contributed by atoms with Crippen LogP contribution in [-0.4, -0.2) is 45.6 Å². The van der Waals surface area contributed by atoms with Gasteiger partial charge in [0, 0.05) is 16.8 Å². The van der Waals surface area contributed by atoms with Gasteiger partial charge in [-0.25, -0.2) is 5.01 Å². The van der Waals surface area contributed by atoms with Crippen LogP contribution in [0.2, 0.25) is 0 Å². The minimum absolute atomic E-state index is 0.252. The molecule has 0 saturated carbocycles. The van der Waals surface area contributed by atoms with E-state index in [9.17, 15) is 4.79 Å². The molecule has 0 saturated heterocycles. The van der Waals surface area contributed by atoms with Crippen molar-refractivity contribution in [2.45, 2.75) is 6.17 Å². The third-order valence-corrected chi connectivity index (χ3v) is 5.38. The molecule has 8 nitrogen and oxygen atoms in total. The highest BCUT2D eigenvalue weighted by Crippen LogP contribution is 2.41. The smallest absolute Gasteiger partial charge is 0.278 e. The number of hydrogen-bond donors (Lipinski definition) is 1. The summed E-state index contributed by atoms with van der Waals surface area (Å²) in [6.45, 7) is 0. The van der Waals surface area contributed by atoms with Crippen molar-refractivity contribution in [1.82, 2.24) is 5.01 Å². The van der Waals surface area contributed by atoms with E-state index < -0.39 is 6.17 Å². The van der Waals surface area contributed by atoms with E-state index in [1.54, 1.807) is 52.9 Å². The van der Waals surface area contributed by atoms with Crippen molar-refractivity contribution < 1.29 is 23.7 Å². The zero-order valence-electron chi connectivity index (χ0n) is 18.9. The van der Waals surface area contributed by atoms with Crippen molar-refractivity contribution in [2.24, 2.45) is 5.10 Å². The van der Waals surface area contributed by atoms with Crippen LogP contribution >= 0.6 is 0 Å². The number of hydrogen-bond acceptors (Lipinski definition) is 7. The zero-order chi connectivity index (χ0) is 23.4. The van der Waals surface area contributed by atoms with Crippen molar-refractivity contribution in [3.8, 4) is 23.0 Å². The number of fused-ring (bicyclic) bond motifs is 1. The van der Waals surface area contributed by atoms with Gasteiger partial charge >= 0.3 is 0 Å². The van der Waals surface area contributed by atoms with Gasteiger partial charge in [-0.2, -0.15) is 5.10 Å². The molecule has 1 aliphatic rings. The number of ether oxygens (including phenoxy) is 4. The monoisotopic (exact) mass is 447 g/mol. The molecule has 0 spiro atoms. The third kappa shape index (κ3) is 4.03. The van der Waals surface area contributed by atoms with E-state index in [-0.39, 0.29) is 5.91 Å². The van der Waals surface area contributed by atoms with Gasteiger partial charge in [-0.15, -0.1) is 0 Å². The Kier molecular flexibility index (Phi) is 6.35. The van der Waals surface area contributed by atoms with Crippen LogP contribution in [0.3, 0.4) is 0 Å². The highest BCUT2D eigenvalue weighted by Gasteiger charge is 2.35. The van der Waals surface area contributed by atoms with Crippen LogP contribution in [-0.2, 0) is 0 Å². The Bertz CT molecular complexity index is 1190. The molecule has 170 valence electrons. The van der Waals surface area contributed by atoms with Crippen LogP contribution in [0.25, 0.3) is 0 Å². The number of methoxy groups -OCH3 is 4. The fraction of sp³-hybridized carbons (Fsp3) is 0.200. The van der Waals surface area contributed by atoms with Crippen LogP contribution in [0.4, 0.5) is 5.69 Å². The first-order valence-electron chi connectivity index (χ1n) is 10.3. The Balaban J connectivity index is 1.83. The first-order valence-corrected chi connectivity index (χ1v) is 10.3. The molecule has 8 heteroatoms. The average Bonchev–Trinajstić information content (AvgIpc) is 2.87. The van der Waals surface area contributed by atoms with Crippen molar-refractivity contribution in [1.29, 1.82) is 0 Å². The number of benzene rings is 3. The Labute approximate surface area is 192 Å². The van der Waals surface area contributed by atoms with Gasteiger partial charge in [0.25, 0.3) is 5.91 Å². The second-order valence-corrected chi connectivity index (χ2v) is 7.15. The Hall–Kier alpha value is -4.20. The average molecular weight is 447 g/mol. The number of para-hydroxylation sites is 3. The van der Waals surface area contributed by atoms with E-state index >= 15 is 0 Å². The van der Waals surface area contributed by atoms with E-state index in [2.05, 4.69) is 10.4 Å². The summed E-state index contributed by atoms with van der Waals surface area (Å²) in [5, 5.41) is 9.36. The summed E-state index contributed by atoms with van der Waals surface area (Å²) in [6.07, 6.45) is 0.944. The summed E-state index contributed by atoms with van der Waals surface area (Å²) in [5.74, 6) is 1.92. The number of carbonyl (C=O) groups excluding carboxylic acids is 1. The molecule has 0 aromatic heterocycles. The molecule has 1 amide bonds. The number of nitrogens with one attached hydrogen (secondary N) is 1. The quantitative estimate of drug-likeness (QED) is 0.543. The number of amides is 1. The second-order valence-electron chi connectivity index (χ2n) is 7.15. The van der Waals surface area contributed by atoms with Gasteiger partial charge in [0.15, 0.2) is 29.2 Å². The zero-order valence-corrected chi connectivity index (χ0v) is 18.9. The maximum absolute atomic E-state index is 13.5. The van der Waals surface area contributed by atoms with E-state index in [0.29, 0.717) is 45.4 Å². The fourth-order valence-electron chi connectivity index (χ4n) is 3.84. The van der Waals surface area contributed by atoms with Crippen molar-refractivity contribution >= 4 is 17.8 Å². The van der Waals surface area contributed by atoms with Gasteiger partial charge < -0.3 is 24.3 Å². The van der Waals surface area contributed by atoms with Gasteiger partial charge in [0.05, 0.1) is 40.2 Å². The third-order valence-electron chi connectivity index (χ3n) is 5.38. The molecule has 1 aliphatic heterocycles. The molecule has 0 radical (unpaired) electrons. The molecule has 3 aromatic carbocycles. The van der Waals surface area contributed by atoms with Gasteiger partial charge in [-0.3, -0.25) is 4.79 Å². The number of rotatable bonds is 7. The highest BCUT2D eigenvalue weighted by molar-refractivity contribution is 6.02. The van der Waals surface area contributed by atoms with E-state index in [4.69, 9.17) is 18.9 Å². The summed E-state index contributed by atoms with van der Waals surface area (Å²) < 4.78 is 22.0. The highest BCUT2D eigenvalue weighted by atomic mass is 16.5. The molecule has 0 bridgehead atoms. The first kappa shape index (κ1) is 22.0. The van der Waals surface area contributed by atoms with Crippen LogP contribution in [0, 0.1) is 0 Å². The number of nitrogens with zero attached hydrogens (tertiary/aromatic N) is 2. The van der Waals surface area contributed by atoms with Gasteiger partial charge in [0.2, 0.25) is 0 Å². The molecule has 0 fully saturated rings.